The molecule has 0 amide bonds. The van der Waals surface area contributed by atoms with Gasteiger partial charge in [0.25, 0.3) is 0 Å². The van der Waals surface area contributed by atoms with E-state index in [1.54, 1.807) is 0 Å². The number of benzene rings is 2. The average molecular weight is 237 g/mol. The largest absolute Gasteiger partial charge is 0.355 e. The molecule has 0 radical (unpaired) electrons. The molecule has 1 nitrogen and oxygen atoms in total. The third kappa shape index (κ3) is 1.80. The summed E-state index contributed by atoms with van der Waals surface area (Å²) in [4.78, 5) is 0. The van der Waals surface area contributed by atoms with Gasteiger partial charge >= 0.3 is 0 Å². The van der Waals surface area contributed by atoms with Gasteiger partial charge in [-0.1, -0.05) is 51.1 Å². The lowest BCUT2D eigenvalue weighted by Gasteiger charge is -2.29. The predicted molar refractivity (Wildman–Crippen MR) is 77.7 cm³/mol. The zero-order valence-electron chi connectivity index (χ0n) is 11.2. The first-order chi connectivity index (χ1) is 8.55. The molecule has 1 N–H and O–H groups in total. The molecule has 1 aliphatic rings. The zero-order valence-corrected chi connectivity index (χ0v) is 11.2. The van der Waals surface area contributed by atoms with Crippen LogP contribution in [0, 0.1) is 0 Å². The fraction of sp³-hybridized carbons (Fsp3) is 0.294. The Balaban J connectivity index is 2.14. The summed E-state index contributed by atoms with van der Waals surface area (Å²) in [6.07, 6.45) is 1.03. The molecular weight excluding hydrogens is 218 g/mol. The highest BCUT2D eigenvalue weighted by atomic mass is 14.9. The molecule has 2 aromatic rings. The van der Waals surface area contributed by atoms with Crippen LogP contribution in [0.2, 0.25) is 0 Å². The molecule has 3 rings (SSSR count). The minimum atomic E-state index is 0.194. The van der Waals surface area contributed by atoms with E-state index in [0.717, 1.165) is 6.42 Å². The topological polar surface area (TPSA) is 12.0 Å². The van der Waals surface area contributed by atoms with Gasteiger partial charge in [0.05, 0.1) is 0 Å². The van der Waals surface area contributed by atoms with E-state index in [9.17, 15) is 0 Å². The predicted octanol–water partition coefficient (Wildman–Crippen LogP) is 4.63. The average Bonchev–Trinajstić information content (AvgIpc) is 2.34. The Hall–Kier alpha value is -1.76. The van der Waals surface area contributed by atoms with Crippen LogP contribution in [0.3, 0.4) is 0 Å². The Morgan fingerprint density at radius 3 is 2.39 bits per heavy atom. The van der Waals surface area contributed by atoms with Gasteiger partial charge in [-0.15, -0.1) is 0 Å². The SMILES string of the molecule is CC(C)(C)c1cccc2c1Cc1ccccc1N2. The first-order valence-corrected chi connectivity index (χ1v) is 6.53. The number of nitrogens with one attached hydrogen (secondary N) is 1. The first-order valence-electron chi connectivity index (χ1n) is 6.53. The van der Waals surface area contributed by atoms with E-state index in [0.29, 0.717) is 0 Å². The molecule has 0 aliphatic carbocycles. The fourth-order valence-corrected chi connectivity index (χ4v) is 2.73. The molecular formula is C17H19N. The Morgan fingerprint density at radius 2 is 1.61 bits per heavy atom. The molecule has 0 fully saturated rings. The van der Waals surface area contributed by atoms with E-state index in [1.165, 1.54) is 28.1 Å². The van der Waals surface area contributed by atoms with Crippen LogP contribution >= 0.6 is 0 Å². The van der Waals surface area contributed by atoms with Gasteiger partial charge in [0.15, 0.2) is 0 Å². The van der Waals surface area contributed by atoms with Crippen LogP contribution in [-0.4, -0.2) is 0 Å². The molecule has 18 heavy (non-hydrogen) atoms. The summed E-state index contributed by atoms with van der Waals surface area (Å²) in [6, 6.07) is 15.2. The summed E-state index contributed by atoms with van der Waals surface area (Å²) in [7, 11) is 0. The van der Waals surface area contributed by atoms with Crippen LogP contribution < -0.4 is 5.32 Å². The van der Waals surface area contributed by atoms with Gasteiger partial charge in [-0.3, -0.25) is 0 Å². The standard InChI is InChI=1S/C17H19N/c1-17(2,3)14-8-6-10-16-13(14)11-12-7-4-5-9-15(12)18-16/h4-10,18H,11H2,1-3H3. The molecule has 0 saturated heterocycles. The summed E-state index contributed by atoms with van der Waals surface area (Å²) < 4.78 is 0. The minimum absolute atomic E-state index is 0.194. The first kappa shape index (κ1) is 11.3. The fourth-order valence-electron chi connectivity index (χ4n) is 2.73. The van der Waals surface area contributed by atoms with E-state index in [1.807, 2.05) is 0 Å². The van der Waals surface area contributed by atoms with Gasteiger partial charge in [-0.25, -0.2) is 0 Å². The van der Waals surface area contributed by atoms with Crippen LogP contribution in [0.4, 0.5) is 11.4 Å². The maximum Gasteiger partial charge on any atom is 0.0423 e. The summed E-state index contributed by atoms with van der Waals surface area (Å²) >= 11 is 0. The van der Waals surface area contributed by atoms with Crippen LogP contribution in [0.1, 0.15) is 37.5 Å². The second-order valence-corrected chi connectivity index (χ2v) is 6.04. The number of hydrogen-bond acceptors (Lipinski definition) is 1. The van der Waals surface area contributed by atoms with Gasteiger partial charge in [-0.05, 0) is 34.2 Å². The molecule has 92 valence electrons. The smallest absolute Gasteiger partial charge is 0.0423 e. The van der Waals surface area contributed by atoms with Crippen molar-refractivity contribution in [3.05, 3.63) is 59.2 Å². The van der Waals surface area contributed by atoms with Crippen molar-refractivity contribution in [2.24, 2.45) is 0 Å². The molecule has 1 heteroatoms. The van der Waals surface area contributed by atoms with Gasteiger partial charge in [-0.2, -0.15) is 0 Å². The van der Waals surface area contributed by atoms with Crippen LogP contribution in [0.15, 0.2) is 42.5 Å². The van der Waals surface area contributed by atoms with E-state index in [-0.39, 0.29) is 5.41 Å². The lowest BCUT2D eigenvalue weighted by molar-refractivity contribution is 0.584. The summed E-state index contributed by atoms with van der Waals surface area (Å²) in [5.41, 5.74) is 6.99. The van der Waals surface area contributed by atoms with Crippen molar-refractivity contribution in [2.45, 2.75) is 32.6 Å². The number of hydrogen-bond donors (Lipinski definition) is 1. The number of fused-ring (bicyclic) bond motifs is 2. The highest BCUT2D eigenvalue weighted by Crippen LogP contribution is 2.38. The number of para-hydroxylation sites is 1. The van der Waals surface area contributed by atoms with Gasteiger partial charge < -0.3 is 5.32 Å². The van der Waals surface area contributed by atoms with Crippen molar-refractivity contribution in [1.82, 2.24) is 0 Å². The van der Waals surface area contributed by atoms with E-state index >= 15 is 0 Å². The van der Waals surface area contributed by atoms with Crippen LogP contribution in [-0.2, 0) is 11.8 Å². The second-order valence-electron chi connectivity index (χ2n) is 6.04. The molecule has 1 aliphatic heterocycles. The van der Waals surface area contributed by atoms with Gasteiger partial charge in [0.1, 0.15) is 0 Å². The van der Waals surface area contributed by atoms with Gasteiger partial charge in [0, 0.05) is 17.8 Å². The third-order valence-electron chi connectivity index (χ3n) is 3.64. The molecule has 0 bridgehead atoms. The molecule has 2 aromatic carbocycles. The van der Waals surface area contributed by atoms with Crippen molar-refractivity contribution in [2.75, 3.05) is 5.32 Å². The highest BCUT2D eigenvalue weighted by molar-refractivity contribution is 5.73. The molecule has 0 saturated carbocycles. The summed E-state index contributed by atoms with van der Waals surface area (Å²) in [5, 5.41) is 3.55. The Morgan fingerprint density at radius 1 is 0.889 bits per heavy atom. The summed E-state index contributed by atoms with van der Waals surface area (Å²) in [6.45, 7) is 6.84. The lowest BCUT2D eigenvalue weighted by Crippen LogP contribution is -2.18. The van der Waals surface area contributed by atoms with Crippen molar-refractivity contribution in [3.8, 4) is 0 Å². The Kier molecular flexibility index (Phi) is 2.44. The summed E-state index contributed by atoms with van der Waals surface area (Å²) in [5.74, 6) is 0. The Bertz CT molecular complexity index is 591. The maximum absolute atomic E-state index is 3.55. The van der Waals surface area contributed by atoms with E-state index in [4.69, 9.17) is 0 Å². The number of anilines is 2. The Labute approximate surface area is 109 Å². The third-order valence-corrected chi connectivity index (χ3v) is 3.64. The molecule has 0 aromatic heterocycles. The normalized spacial score (nSPS) is 13.5. The molecule has 0 spiro atoms. The maximum atomic E-state index is 3.55. The van der Waals surface area contributed by atoms with Crippen LogP contribution in [0.5, 0.6) is 0 Å². The molecule has 0 unspecified atom stereocenters. The second kappa shape index (κ2) is 3.88. The van der Waals surface area contributed by atoms with E-state index in [2.05, 4.69) is 68.6 Å². The lowest BCUT2D eigenvalue weighted by atomic mass is 9.80. The number of rotatable bonds is 0. The molecule has 0 atom stereocenters. The highest BCUT2D eigenvalue weighted by Gasteiger charge is 2.23. The van der Waals surface area contributed by atoms with Crippen molar-refractivity contribution in [3.63, 3.8) is 0 Å². The van der Waals surface area contributed by atoms with E-state index < -0.39 is 0 Å². The van der Waals surface area contributed by atoms with Gasteiger partial charge in [0.2, 0.25) is 0 Å². The zero-order chi connectivity index (χ0) is 12.8. The van der Waals surface area contributed by atoms with Crippen molar-refractivity contribution >= 4 is 11.4 Å². The van der Waals surface area contributed by atoms with Crippen molar-refractivity contribution in [1.29, 1.82) is 0 Å². The monoisotopic (exact) mass is 237 g/mol. The molecule has 1 heterocycles. The quantitative estimate of drug-likeness (QED) is 0.601. The van der Waals surface area contributed by atoms with Crippen LogP contribution in [0.25, 0.3) is 0 Å². The van der Waals surface area contributed by atoms with Crippen molar-refractivity contribution < 1.29 is 0 Å². The minimum Gasteiger partial charge on any atom is -0.355 e.